The van der Waals surface area contributed by atoms with Crippen LogP contribution in [0.4, 0.5) is 5.69 Å². The monoisotopic (exact) mass is 484 g/mol. The van der Waals surface area contributed by atoms with Crippen LogP contribution in [0.1, 0.15) is 18.4 Å². The van der Waals surface area contributed by atoms with Crippen LogP contribution in [-0.2, 0) is 24.4 Å². The topological polar surface area (TPSA) is 107 Å². The van der Waals surface area contributed by atoms with Crippen molar-refractivity contribution in [1.29, 1.82) is 0 Å². The maximum absolute atomic E-state index is 14.1. The van der Waals surface area contributed by atoms with E-state index in [-0.39, 0.29) is 29.8 Å². The number of nitrogens with one attached hydrogen (secondary N) is 1. The van der Waals surface area contributed by atoms with Gasteiger partial charge in [0.2, 0.25) is 27.7 Å². The van der Waals surface area contributed by atoms with Crippen LogP contribution in [0.15, 0.2) is 59.5 Å². The van der Waals surface area contributed by atoms with Crippen LogP contribution in [0.3, 0.4) is 0 Å². The third-order valence-electron chi connectivity index (χ3n) is 6.84. The Morgan fingerprint density at radius 3 is 2.32 bits per heavy atom. The maximum Gasteiger partial charge on any atom is 0.249 e. The van der Waals surface area contributed by atoms with Crippen molar-refractivity contribution in [2.45, 2.75) is 23.3 Å². The van der Waals surface area contributed by atoms with Gasteiger partial charge < -0.3 is 15.1 Å². The van der Waals surface area contributed by atoms with Gasteiger partial charge in [-0.05, 0) is 30.7 Å². The highest BCUT2D eigenvalue weighted by molar-refractivity contribution is 7.89. The third kappa shape index (κ3) is 3.48. The minimum absolute atomic E-state index is 0.0371. The molecule has 0 radical (unpaired) electrons. The van der Waals surface area contributed by atoms with Crippen molar-refractivity contribution in [3.05, 3.63) is 60.2 Å². The molecule has 4 rings (SSSR count). The van der Waals surface area contributed by atoms with E-state index in [0.29, 0.717) is 11.3 Å². The number of carbonyl (C=O) groups excluding carboxylic acids is 3. The van der Waals surface area contributed by atoms with Crippen molar-refractivity contribution in [2.24, 2.45) is 5.92 Å². The van der Waals surface area contributed by atoms with E-state index in [1.807, 2.05) is 0 Å². The first-order valence-corrected chi connectivity index (χ1v) is 12.4. The van der Waals surface area contributed by atoms with Gasteiger partial charge in [-0.2, -0.15) is 4.31 Å². The third-order valence-corrected chi connectivity index (χ3v) is 8.81. The van der Waals surface area contributed by atoms with Gasteiger partial charge in [-0.1, -0.05) is 36.4 Å². The fraction of sp³-hybridized carbons (Fsp3) is 0.375. The Hall–Kier alpha value is -3.24. The van der Waals surface area contributed by atoms with Crippen LogP contribution in [-0.4, -0.2) is 75.1 Å². The first-order chi connectivity index (χ1) is 16.0. The number of fused-ring (bicyclic) bond motifs is 3. The summed E-state index contributed by atoms with van der Waals surface area (Å²) < 4.78 is 28.7. The number of hydrogen-bond donors (Lipinski definition) is 1. The van der Waals surface area contributed by atoms with E-state index >= 15 is 0 Å². The van der Waals surface area contributed by atoms with Crippen molar-refractivity contribution >= 4 is 33.4 Å². The highest BCUT2D eigenvalue weighted by Crippen LogP contribution is 2.54. The number of carbonyl (C=O) groups is 3. The molecule has 10 heteroatoms. The number of likely N-dealkylation sites (N-methyl/N-ethyl adjacent to an activating group) is 1. The van der Waals surface area contributed by atoms with Crippen LogP contribution in [0, 0.1) is 5.92 Å². The molecule has 0 aliphatic carbocycles. The van der Waals surface area contributed by atoms with E-state index < -0.39 is 33.3 Å². The molecule has 1 saturated heterocycles. The number of nitrogens with zero attached hydrogens (tertiary/aromatic N) is 3. The van der Waals surface area contributed by atoms with Gasteiger partial charge in [0.1, 0.15) is 12.1 Å². The Kier molecular flexibility index (Phi) is 5.99. The Morgan fingerprint density at radius 2 is 1.71 bits per heavy atom. The average molecular weight is 485 g/mol. The zero-order chi connectivity index (χ0) is 24.8. The molecule has 9 nitrogen and oxygen atoms in total. The molecule has 1 fully saturated rings. The predicted molar refractivity (Wildman–Crippen MR) is 127 cm³/mol. The van der Waals surface area contributed by atoms with E-state index in [1.165, 1.54) is 29.0 Å². The molecule has 2 aliphatic heterocycles. The van der Waals surface area contributed by atoms with Crippen LogP contribution >= 0.6 is 0 Å². The van der Waals surface area contributed by atoms with E-state index in [4.69, 9.17) is 0 Å². The van der Waals surface area contributed by atoms with Crippen molar-refractivity contribution in [3.63, 3.8) is 0 Å². The van der Waals surface area contributed by atoms with E-state index in [2.05, 4.69) is 5.32 Å². The standard InChI is InChI=1S/C24H28N4O5S/c1-24-21(17-12-8-9-13-19(17)27(23(24)31)15-20(29)26(3)4)18(22(30)25-2)14-28(24)34(32,33)16-10-6-5-7-11-16/h5-13,18,21H,14-15H2,1-4H3,(H,25,30)/t18-,21+,24-/m0/s1. The summed E-state index contributed by atoms with van der Waals surface area (Å²) in [7, 11) is 0.545. The Labute approximate surface area is 199 Å². The highest BCUT2D eigenvalue weighted by atomic mass is 32.2. The number of sulfonamides is 1. The fourth-order valence-electron chi connectivity index (χ4n) is 5.08. The molecule has 2 aliphatic rings. The van der Waals surface area contributed by atoms with Crippen LogP contribution in [0.5, 0.6) is 0 Å². The molecule has 34 heavy (non-hydrogen) atoms. The second-order valence-corrected chi connectivity index (χ2v) is 10.8. The van der Waals surface area contributed by atoms with Crippen LogP contribution in [0.25, 0.3) is 0 Å². The van der Waals surface area contributed by atoms with Gasteiger partial charge >= 0.3 is 0 Å². The lowest BCUT2D eigenvalue weighted by atomic mass is 9.72. The molecule has 2 aromatic carbocycles. The minimum Gasteiger partial charge on any atom is -0.359 e. The molecule has 2 heterocycles. The summed E-state index contributed by atoms with van der Waals surface area (Å²) in [6.45, 7) is 1.16. The maximum atomic E-state index is 14.1. The van der Waals surface area contributed by atoms with Crippen LogP contribution in [0.2, 0.25) is 0 Å². The first-order valence-electron chi connectivity index (χ1n) is 11.0. The number of amides is 3. The highest BCUT2D eigenvalue weighted by Gasteiger charge is 2.65. The summed E-state index contributed by atoms with van der Waals surface area (Å²) in [5, 5.41) is 2.63. The molecule has 0 bridgehead atoms. The van der Waals surface area contributed by atoms with Crippen molar-refractivity contribution in [1.82, 2.24) is 14.5 Å². The van der Waals surface area contributed by atoms with Crippen LogP contribution < -0.4 is 10.2 Å². The van der Waals surface area contributed by atoms with Gasteiger partial charge in [-0.25, -0.2) is 8.42 Å². The van der Waals surface area contributed by atoms with Gasteiger partial charge in [-0.15, -0.1) is 0 Å². The van der Waals surface area contributed by atoms with Gasteiger partial charge in [-0.3, -0.25) is 14.4 Å². The lowest BCUT2D eigenvalue weighted by Crippen LogP contribution is -2.62. The lowest BCUT2D eigenvalue weighted by Gasteiger charge is -2.46. The molecule has 0 unspecified atom stereocenters. The fourth-order valence-corrected chi connectivity index (χ4v) is 6.88. The van der Waals surface area contributed by atoms with E-state index in [1.54, 1.807) is 63.5 Å². The SMILES string of the molecule is CNC(=O)[C@H]1CN(S(=O)(=O)c2ccccc2)[C@]2(C)C(=O)N(CC(=O)N(C)C)c3ccccc3[C@H]12. The van der Waals surface area contributed by atoms with Crippen molar-refractivity contribution in [2.75, 3.05) is 39.1 Å². The molecular weight excluding hydrogens is 456 g/mol. The minimum atomic E-state index is -4.14. The molecule has 0 saturated carbocycles. The number of anilines is 1. The molecular formula is C24H28N4O5S. The largest absolute Gasteiger partial charge is 0.359 e. The average Bonchev–Trinajstić information content (AvgIpc) is 3.16. The molecule has 0 aromatic heterocycles. The Bertz CT molecular complexity index is 1250. The smallest absolute Gasteiger partial charge is 0.249 e. The quantitative estimate of drug-likeness (QED) is 0.682. The normalized spacial score (nSPS) is 24.4. The molecule has 3 atom stereocenters. The zero-order valence-electron chi connectivity index (χ0n) is 19.6. The van der Waals surface area contributed by atoms with Gasteiger partial charge in [0.05, 0.1) is 10.8 Å². The van der Waals surface area contributed by atoms with Crippen molar-refractivity contribution in [3.8, 4) is 0 Å². The van der Waals surface area contributed by atoms with E-state index in [9.17, 15) is 22.8 Å². The van der Waals surface area contributed by atoms with E-state index in [0.717, 1.165) is 4.31 Å². The zero-order valence-corrected chi connectivity index (χ0v) is 20.4. The number of para-hydroxylation sites is 1. The summed E-state index contributed by atoms with van der Waals surface area (Å²) in [5.74, 6) is -2.69. The second kappa shape index (κ2) is 8.52. The Morgan fingerprint density at radius 1 is 1.09 bits per heavy atom. The first kappa shape index (κ1) is 23.9. The summed E-state index contributed by atoms with van der Waals surface area (Å²) in [4.78, 5) is 42.5. The second-order valence-electron chi connectivity index (χ2n) is 8.93. The molecule has 1 N–H and O–H groups in total. The molecule has 0 spiro atoms. The number of rotatable bonds is 5. The lowest BCUT2D eigenvalue weighted by molar-refractivity contribution is -0.132. The summed E-state index contributed by atoms with van der Waals surface area (Å²) in [6.07, 6.45) is 0. The number of hydrogen-bond acceptors (Lipinski definition) is 5. The van der Waals surface area contributed by atoms with Gasteiger partial charge in [0.25, 0.3) is 0 Å². The van der Waals surface area contributed by atoms with Crippen molar-refractivity contribution < 1.29 is 22.8 Å². The summed E-state index contributed by atoms with van der Waals surface area (Å²) in [5.41, 5.74) is -0.430. The summed E-state index contributed by atoms with van der Waals surface area (Å²) >= 11 is 0. The molecule has 180 valence electrons. The predicted octanol–water partition coefficient (Wildman–Crippen LogP) is 1.03. The molecule has 2 aromatic rings. The summed E-state index contributed by atoms with van der Waals surface area (Å²) in [6, 6.07) is 14.9. The number of benzene rings is 2. The Balaban J connectivity index is 1.94. The van der Waals surface area contributed by atoms with Gasteiger partial charge in [0, 0.05) is 39.3 Å². The van der Waals surface area contributed by atoms with Gasteiger partial charge in [0.15, 0.2) is 0 Å². The molecule has 3 amide bonds.